The van der Waals surface area contributed by atoms with Crippen LogP contribution in [0.15, 0.2) is 48.5 Å². The van der Waals surface area contributed by atoms with Crippen LogP contribution in [0.2, 0.25) is 5.02 Å². The Balaban J connectivity index is 1.74. The summed E-state index contributed by atoms with van der Waals surface area (Å²) < 4.78 is 5.15. The van der Waals surface area contributed by atoms with Crippen LogP contribution in [0.4, 0.5) is 5.69 Å². The number of amides is 2. The molecule has 0 bridgehead atoms. The Labute approximate surface area is 170 Å². The largest absolute Gasteiger partial charge is 0.497 e. The lowest BCUT2D eigenvalue weighted by atomic mass is 10.1. The zero-order valence-corrected chi connectivity index (χ0v) is 17.0. The van der Waals surface area contributed by atoms with Crippen molar-refractivity contribution in [2.45, 2.75) is 13.3 Å². The van der Waals surface area contributed by atoms with Gasteiger partial charge in [0.05, 0.1) is 20.2 Å². The lowest BCUT2D eigenvalue weighted by molar-refractivity contribution is -0.123. The van der Waals surface area contributed by atoms with Gasteiger partial charge in [-0.1, -0.05) is 36.7 Å². The van der Waals surface area contributed by atoms with Crippen LogP contribution in [0.3, 0.4) is 0 Å². The smallest absolute Gasteiger partial charge is 0.238 e. The van der Waals surface area contributed by atoms with Crippen LogP contribution in [-0.4, -0.2) is 50.0 Å². The van der Waals surface area contributed by atoms with Gasteiger partial charge in [0.1, 0.15) is 5.75 Å². The normalized spacial score (nSPS) is 10.6. The monoisotopic (exact) mass is 403 g/mol. The number of rotatable bonds is 10. The highest BCUT2D eigenvalue weighted by molar-refractivity contribution is 6.30. The number of halogens is 1. The van der Waals surface area contributed by atoms with Crippen molar-refractivity contribution < 1.29 is 14.3 Å². The first kappa shape index (κ1) is 21.7. The Morgan fingerprint density at radius 3 is 2.46 bits per heavy atom. The van der Waals surface area contributed by atoms with Crippen molar-refractivity contribution in [1.29, 1.82) is 0 Å². The summed E-state index contributed by atoms with van der Waals surface area (Å²) in [5.74, 6) is 0.388. The first-order chi connectivity index (χ1) is 13.5. The highest BCUT2D eigenvalue weighted by Gasteiger charge is 2.13. The van der Waals surface area contributed by atoms with E-state index in [-0.39, 0.29) is 24.9 Å². The molecule has 2 rings (SSSR count). The number of hydrogen-bond donors (Lipinski definition) is 2. The van der Waals surface area contributed by atoms with E-state index in [1.807, 2.05) is 37.3 Å². The van der Waals surface area contributed by atoms with Gasteiger partial charge < -0.3 is 15.4 Å². The average molecular weight is 404 g/mol. The van der Waals surface area contributed by atoms with Crippen LogP contribution in [-0.2, 0) is 16.0 Å². The van der Waals surface area contributed by atoms with Crippen molar-refractivity contribution in [3.05, 3.63) is 59.1 Å². The molecule has 2 aromatic rings. The van der Waals surface area contributed by atoms with Crippen LogP contribution >= 0.6 is 11.6 Å². The van der Waals surface area contributed by atoms with Gasteiger partial charge in [-0.05, 0) is 42.8 Å². The predicted molar refractivity (Wildman–Crippen MR) is 112 cm³/mol. The van der Waals surface area contributed by atoms with E-state index in [2.05, 4.69) is 10.6 Å². The molecule has 150 valence electrons. The van der Waals surface area contributed by atoms with E-state index < -0.39 is 0 Å². The van der Waals surface area contributed by atoms with Crippen molar-refractivity contribution in [2.24, 2.45) is 0 Å². The molecule has 0 atom stereocenters. The van der Waals surface area contributed by atoms with E-state index in [1.165, 1.54) is 0 Å². The summed E-state index contributed by atoms with van der Waals surface area (Å²) in [6.45, 7) is 3.35. The molecular weight excluding hydrogens is 378 g/mol. The van der Waals surface area contributed by atoms with Crippen LogP contribution in [0.1, 0.15) is 12.5 Å². The fourth-order valence-electron chi connectivity index (χ4n) is 2.64. The maximum atomic E-state index is 12.3. The molecule has 0 saturated heterocycles. The third-order valence-electron chi connectivity index (χ3n) is 4.18. The van der Waals surface area contributed by atoms with Crippen LogP contribution < -0.4 is 15.4 Å². The SMILES string of the molecule is CCN(CC(=O)NCCc1ccc(Cl)cc1)CC(=O)Nc1cccc(OC)c1. The molecule has 2 aromatic carbocycles. The first-order valence-electron chi connectivity index (χ1n) is 9.17. The maximum Gasteiger partial charge on any atom is 0.238 e. The Morgan fingerprint density at radius 1 is 1.07 bits per heavy atom. The van der Waals surface area contributed by atoms with Crippen molar-refractivity contribution in [3.8, 4) is 5.75 Å². The topological polar surface area (TPSA) is 70.7 Å². The number of likely N-dealkylation sites (N-methyl/N-ethyl adjacent to an activating group) is 1. The second-order valence-corrected chi connectivity index (χ2v) is 6.75. The number of methoxy groups -OCH3 is 1. The molecule has 0 spiro atoms. The quantitative estimate of drug-likeness (QED) is 0.639. The molecule has 0 saturated carbocycles. The molecule has 0 fully saturated rings. The Morgan fingerprint density at radius 2 is 1.79 bits per heavy atom. The number of carbonyl (C=O) groups excluding carboxylic acids is 2. The van der Waals surface area contributed by atoms with E-state index in [1.54, 1.807) is 30.2 Å². The molecule has 0 aliphatic heterocycles. The minimum atomic E-state index is -0.177. The van der Waals surface area contributed by atoms with E-state index >= 15 is 0 Å². The lowest BCUT2D eigenvalue weighted by Crippen LogP contribution is -2.41. The molecule has 0 aromatic heterocycles. The van der Waals surface area contributed by atoms with E-state index in [4.69, 9.17) is 16.3 Å². The molecule has 2 N–H and O–H groups in total. The minimum absolute atomic E-state index is 0.106. The van der Waals surface area contributed by atoms with Crippen LogP contribution in [0.25, 0.3) is 0 Å². The van der Waals surface area contributed by atoms with Crippen molar-refractivity contribution in [1.82, 2.24) is 10.2 Å². The Hall–Kier alpha value is -2.57. The molecule has 0 aliphatic rings. The van der Waals surface area contributed by atoms with E-state index in [0.29, 0.717) is 29.5 Å². The molecular formula is C21H26ClN3O3. The average Bonchev–Trinajstić information content (AvgIpc) is 2.69. The summed E-state index contributed by atoms with van der Waals surface area (Å²) in [7, 11) is 1.57. The Kier molecular flexibility index (Phi) is 8.78. The van der Waals surface area contributed by atoms with Gasteiger partial charge >= 0.3 is 0 Å². The number of carbonyl (C=O) groups is 2. The molecule has 0 radical (unpaired) electrons. The zero-order valence-electron chi connectivity index (χ0n) is 16.2. The van der Waals surface area contributed by atoms with Gasteiger partial charge in [-0.25, -0.2) is 0 Å². The fourth-order valence-corrected chi connectivity index (χ4v) is 2.77. The van der Waals surface area contributed by atoms with Gasteiger partial charge in [0, 0.05) is 23.3 Å². The molecule has 0 unspecified atom stereocenters. The van der Waals surface area contributed by atoms with E-state index in [9.17, 15) is 9.59 Å². The highest BCUT2D eigenvalue weighted by atomic mass is 35.5. The minimum Gasteiger partial charge on any atom is -0.497 e. The van der Waals surface area contributed by atoms with Crippen LogP contribution in [0, 0.1) is 0 Å². The molecule has 0 aliphatic carbocycles. The number of benzene rings is 2. The maximum absolute atomic E-state index is 12.3. The molecule has 7 heteroatoms. The summed E-state index contributed by atoms with van der Waals surface area (Å²) in [5.41, 5.74) is 1.77. The summed E-state index contributed by atoms with van der Waals surface area (Å²) in [4.78, 5) is 26.2. The number of anilines is 1. The number of hydrogen-bond acceptors (Lipinski definition) is 4. The van der Waals surface area contributed by atoms with Crippen molar-refractivity contribution >= 4 is 29.1 Å². The van der Waals surface area contributed by atoms with E-state index in [0.717, 1.165) is 12.0 Å². The highest BCUT2D eigenvalue weighted by Crippen LogP contribution is 2.16. The summed E-state index contributed by atoms with van der Waals surface area (Å²) >= 11 is 5.86. The predicted octanol–water partition coefficient (Wildman–Crippen LogP) is 2.97. The summed E-state index contributed by atoms with van der Waals surface area (Å²) in [6, 6.07) is 14.7. The van der Waals surface area contributed by atoms with Gasteiger partial charge in [0.15, 0.2) is 0 Å². The fraction of sp³-hybridized carbons (Fsp3) is 0.333. The van der Waals surface area contributed by atoms with Gasteiger partial charge in [-0.15, -0.1) is 0 Å². The molecule has 6 nitrogen and oxygen atoms in total. The van der Waals surface area contributed by atoms with Gasteiger partial charge in [-0.3, -0.25) is 14.5 Å². The van der Waals surface area contributed by atoms with Gasteiger partial charge in [0.2, 0.25) is 11.8 Å². The standard InChI is InChI=1S/C21H26ClN3O3/c1-3-25(15-21(27)24-18-5-4-6-19(13-18)28-2)14-20(26)23-12-11-16-7-9-17(22)10-8-16/h4-10,13H,3,11-12,14-15H2,1-2H3,(H,23,26)(H,24,27). The second-order valence-electron chi connectivity index (χ2n) is 6.31. The van der Waals surface area contributed by atoms with Crippen molar-refractivity contribution in [3.63, 3.8) is 0 Å². The second kappa shape index (κ2) is 11.3. The third-order valence-corrected chi connectivity index (χ3v) is 4.44. The first-order valence-corrected chi connectivity index (χ1v) is 9.55. The van der Waals surface area contributed by atoms with Crippen molar-refractivity contribution in [2.75, 3.05) is 38.6 Å². The number of nitrogens with zero attached hydrogens (tertiary/aromatic N) is 1. The third kappa shape index (κ3) is 7.58. The number of nitrogens with one attached hydrogen (secondary N) is 2. The molecule has 2 amide bonds. The zero-order chi connectivity index (χ0) is 20.4. The summed E-state index contributed by atoms with van der Waals surface area (Å²) in [5, 5.41) is 6.40. The summed E-state index contributed by atoms with van der Waals surface area (Å²) in [6.07, 6.45) is 0.728. The number of ether oxygens (including phenoxy) is 1. The van der Waals surface area contributed by atoms with Gasteiger partial charge in [0.25, 0.3) is 0 Å². The molecule has 0 heterocycles. The lowest BCUT2D eigenvalue weighted by Gasteiger charge is -2.19. The Bertz CT molecular complexity index is 781. The molecule has 28 heavy (non-hydrogen) atoms. The van der Waals surface area contributed by atoms with Crippen LogP contribution in [0.5, 0.6) is 5.75 Å². The van der Waals surface area contributed by atoms with Gasteiger partial charge in [-0.2, -0.15) is 0 Å².